The molecule has 2 rings (SSSR count). The average molecular weight is 329 g/mol. The average Bonchev–Trinajstić information content (AvgIpc) is 2.58. The highest BCUT2D eigenvalue weighted by Crippen LogP contribution is 2.17. The van der Waals surface area contributed by atoms with Gasteiger partial charge in [0.15, 0.2) is 6.61 Å². The molecular weight excluding hydrogens is 306 g/mol. The second-order valence-corrected chi connectivity index (χ2v) is 5.21. The van der Waals surface area contributed by atoms with Crippen LogP contribution in [0.1, 0.15) is 12.5 Å². The predicted octanol–water partition coefficient (Wildman–Crippen LogP) is 2.97. The smallest absolute Gasteiger partial charge is 0.258 e. The van der Waals surface area contributed by atoms with E-state index < -0.39 is 0 Å². The number of hydrogen-bond acceptors (Lipinski definition) is 4. The number of rotatable bonds is 9. The summed E-state index contributed by atoms with van der Waals surface area (Å²) in [5.74, 6) is 2.03. The summed E-state index contributed by atoms with van der Waals surface area (Å²) in [6.45, 7) is 5.37. The van der Waals surface area contributed by atoms with Gasteiger partial charge in [-0.3, -0.25) is 4.79 Å². The molecule has 0 saturated heterocycles. The van der Waals surface area contributed by atoms with Crippen molar-refractivity contribution in [2.24, 2.45) is 0 Å². The van der Waals surface area contributed by atoms with Crippen LogP contribution in [0.5, 0.6) is 17.2 Å². The molecule has 0 heterocycles. The monoisotopic (exact) mass is 329 g/mol. The number of carbonyl (C=O) groups excluding carboxylic acids is 1. The zero-order valence-electron chi connectivity index (χ0n) is 14.1. The van der Waals surface area contributed by atoms with E-state index in [1.54, 1.807) is 12.1 Å². The highest BCUT2D eigenvalue weighted by molar-refractivity contribution is 5.77. The zero-order chi connectivity index (χ0) is 17.2. The predicted molar refractivity (Wildman–Crippen MR) is 92.8 cm³/mol. The lowest BCUT2D eigenvalue weighted by Gasteiger charge is -2.10. The van der Waals surface area contributed by atoms with Crippen LogP contribution in [-0.4, -0.2) is 32.3 Å². The first-order valence-electron chi connectivity index (χ1n) is 7.99. The van der Waals surface area contributed by atoms with E-state index in [2.05, 4.69) is 5.32 Å². The van der Waals surface area contributed by atoms with Crippen molar-refractivity contribution in [1.29, 1.82) is 0 Å². The molecule has 0 radical (unpaired) electrons. The molecule has 2 aromatic carbocycles. The lowest BCUT2D eigenvalue weighted by molar-refractivity contribution is -0.123. The van der Waals surface area contributed by atoms with Gasteiger partial charge in [-0.1, -0.05) is 12.1 Å². The lowest BCUT2D eigenvalue weighted by Crippen LogP contribution is -2.32. The molecule has 128 valence electrons. The number of carbonyl (C=O) groups is 1. The molecule has 0 aromatic heterocycles. The standard InChI is InChI=1S/C19H23NO4/c1-3-22-16-7-9-17(10-8-16)24-14-19(21)20-11-12-23-18-6-4-5-15(2)13-18/h4-10,13H,3,11-12,14H2,1-2H3,(H,20,21). The van der Waals surface area contributed by atoms with E-state index in [4.69, 9.17) is 14.2 Å². The fourth-order valence-electron chi connectivity index (χ4n) is 2.06. The fourth-order valence-corrected chi connectivity index (χ4v) is 2.06. The van der Waals surface area contributed by atoms with Gasteiger partial charge < -0.3 is 19.5 Å². The zero-order valence-corrected chi connectivity index (χ0v) is 14.1. The SMILES string of the molecule is CCOc1ccc(OCC(=O)NCCOc2cccc(C)c2)cc1. The van der Waals surface area contributed by atoms with Crippen LogP contribution in [0.2, 0.25) is 0 Å². The van der Waals surface area contributed by atoms with Crippen molar-refractivity contribution in [3.05, 3.63) is 54.1 Å². The summed E-state index contributed by atoms with van der Waals surface area (Å²) >= 11 is 0. The van der Waals surface area contributed by atoms with Gasteiger partial charge in [0.2, 0.25) is 0 Å². The van der Waals surface area contributed by atoms with E-state index in [1.165, 1.54) is 0 Å². The third kappa shape index (κ3) is 6.20. The maximum absolute atomic E-state index is 11.7. The maximum atomic E-state index is 11.7. The van der Waals surface area contributed by atoms with Gasteiger partial charge in [-0.2, -0.15) is 0 Å². The number of aryl methyl sites for hydroxylation is 1. The molecule has 0 aliphatic carbocycles. The first kappa shape index (κ1) is 17.7. The van der Waals surface area contributed by atoms with Crippen LogP contribution < -0.4 is 19.5 Å². The number of benzene rings is 2. The highest BCUT2D eigenvalue weighted by atomic mass is 16.5. The maximum Gasteiger partial charge on any atom is 0.258 e. The normalized spacial score (nSPS) is 10.1. The topological polar surface area (TPSA) is 56.8 Å². The summed E-state index contributed by atoms with van der Waals surface area (Å²) in [4.78, 5) is 11.7. The van der Waals surface area contributed by atoms with Crippen molar-refractivity contribution in [2.45, 2.75) is 13.8 Å². The Kier molecular flexibility index (Phi) is 6.95. The van der Waals surface area contributed by atoms with Gasteiger partial charge in [0.05, 0.1) is 13.2 Å². The first-order valence-corrected chi connectivity index (χ1v) is 7.99. The molecule has 1 amide bonds. The van der Waals surface area contributed by atoms with E-state index in [9.17, 15) is 4.79 Å². The van der Waals surface area contributed by atoms with Crippen LogP contribution in [0.4, 0.5) is 0 Å². The molecule has 2 aromatic rings. The number of hydrogen-bond donors (Lipinski definition) is 1. The molecule has 0 aliphatic heterocycles. The minimum absolute atomic E-state index is 0.0293. The molecule has 0 aliphatic rings. The van der Waals surface area contributed by atoms with Crippen LogP contribution >= 0.6 is 0 Å². The van der Waals surface area contributed by atoms with E-state index in [-0.39, 0.29) is 12.5 Å². The first-order chi connectivity index (χ1) is 11.7. The third-order valence-corrected chi connectivity index (χ3v) is 3.19. The molecule has 5 heteroatoms. The van der Waals surface area contributed by atoms with Crippen LogP contribution in [0.25, 0.3) is 0 Å². The molecule has 1 N–H and O–H groups in total. The van der Waals surface area contributed by atoms with Gasteiger partial charge in [-0.25, -0.2) is 0 Å². The Hall–Kier alpha value is -2.69. The van der Waals surface area contributed by atoms with Crippen molar-refractivity contribution in [3.63, 3.8) is 0 Å². The Morgan fingerprint density at radius 1 is 0.958 bits per heavy atom. The molecule has 5 nitrogen and oxygen atoms in total. The molecular formula is C19H23NO4. The molecule has 0 saturated carbocycles. The van der Waals surface area contributed by atoms with Crippen molar-refractivity contribution < 1.29 is 19.0 Å². The number of amides is 1. The number of nitrogens with one attached hydrogen (secondary N) is 1. The summed E-state index contributed by atoms with van der Waals surface area (Å²) in [6.07, 6.45) is 0. The van der Waals surface area contributed by atoms with Crippen molar-refractivity contribution in [3.8, 4) is 17.2 Å². The third-order valence-electron chi connectivity index (χ3n) is 3.19. The Balaban J connectivity index is 1.62. The quantitative estimate of drug-likeness (QED) is 0.719. The molecule has 24 heavy (non-hydrogen) atoms. The van der Waals surface area contributed by atoms with Gasteiger partial charge in [0, 0.05) is 0 Å². The Labute approximate surface area is 142 Å². The second-order valence-electron chi connectivity index (χ2n) is 5.21. The largest absolute Gasteiger partial charge is 0.494 e. The van der Waals surface area contributed by atoms with E-state index >= 15 is 0 Å². The number of ether oxygens (including phenoxy) is 3. The van der Waals surface area contributed by atoms with Gasteiger partial charge in [0.1, 0.15) is 23.9 Å². The van der Waals surface area contributed by atoms with Crippen LogP contribution in [0, 0.1) is 6.92 Å². The minimum atomic E-state index is -0.184. The summed E-state index contributed by atoms with van der Waals surface area (Å²) in [5.41, 5.74) is 1.14. The van der Waals surface area contributed by atoms with Crippen molar-refractivity contribution in [1.82, 2.24) is 5.32 Å². The van der Waals surface area contributed by atoms with E-state index in [1.807, 2.05) is 50.2 Å². The van der Waals surface area contributed by atoms with Gasteiger partial charge >= 0.3 is 0 Å². The van der Waals surface area contributed by atoms with E-state index in [0.29, 0.717) is 25.5 Å². The van der Waals surface area contributed by atoms with Crippen molar-refractivity contribution >= 4 is 5.91 Å². The molecule has 0 fully saturated rings. The molecule has 0 atom stereocenters. The molecule has 0 spiro atoms. The Morgan fingerprint density at radius 2 is 1.67 bits per heavy atom. The van der Waals surface area contributed by atoms with E-state index in [0.717, 1.165) is 17.1 Å². The fraction of sp³-hybridized carbons (Fsp3) is 0.316. The van der Waals surface area contributed by atoms with Gasteiger partial charge in [-0.15, -0.1) is 0 Å². The second kappa shape index (κ2) is 9.45. The van der Waals surface area contributed by atoms with Gasteiger partial charge in [-0.05, 0) is 55.8 Å². The van der Waals surface area contributed by atoms with Crippen LogP contribution in [0.15, 0.2) is 48.5 Å². The Morgan fingerprint density at radius 3 is 2.33 bits per heavy atom. The van der Waals surface area contributed by atoms with Crippen LogP contribution in [0.3, 0.4) is 0 Å². The lowest BCUT2D eigenvalue weighted by atomic mass is 10.2. The van der Waals surface area contributed by atoms with Crippen LogP contribution in [-0.2, 0) is 4.79 Å². The van der Waals surface area contributed by atoms with Gasteiger partial charge in [0.25, 0.3) is 5.91 Å². The summed E-state index contributed by atoms with van der Waals surface area (Å²) in [5, 5.41) is 2.76. The van der Waals surface area contributed by atoms with Crippen molar-refractivity contribution in [2.75, 3.05) is 26.4 Å². The Bertz CT molecular complexity index is 640. The minimum Gasteiger partial charge on any atom is -0.494 e. The molecule has 0 bridgehead atoms. The highest BCUT2D eigenvalue weighted by Gasteiger charge is 2.03. The molecule has 0 unspecified atom stereocenters. The summed E-state index contributed by atoms with van der Waals surface area (Å²) < 4.78 is 16.3. The summed E-state index contributed by atoms with van der Waals surface area (Å²) in [6, 6.07) is 15.0. The summed E-state index contributed by atoms with van der Waals surface area (Å²) in [7, 11) is 0.